The van der Waals surface area contributed by atoms with E-state index in [1.54, 1.807) is 23.1 Å². The molecule has 4 rings (SSSR count). The lowest BCUT2D eigenvalue weighted by atomic mass is 10.4. The van der Waals surface area contributed by atoms with Gasteiger partial charge in [-0.2, -0.15) is 0 Å². The van der Waals surface area contributed by atoms with Gasteiger partial charge in [-0.05, 0) is 12.1 Å². The summed E-state index contributed by atoms with van der Waals surface area (Å²) in [6, 6.07) is 3.70. The fourth-order valence-corrected chi connectivity index (χ4v) is 2.33. The molecule has 4 aromatic heterocycles. The van der Waals surface area contributed by atoms with E-state index in [9.17, 15) is 0 Å². The topological polar surface area (TPSA) is 72.4 Å². The second-order valence-electron chi connectivity index (χ2n) is 4.54. The van der Waals surface area contributed by atoms with Crippen LogP contribution in [0.25, 0.3) is 11.3 Å². The van der Waals surface area contributed by atoms with Crippen LogP contribution in [0, 0.1) is 0 Å². The van der Waals surface area contributed by atoms with Gasteiger partial charge in [0.15, 0.2) is 5.82 Å². The molecule has 0 atom stereocenters. The van der Waals surface area contributed by atoms with Crippen LogP contribution in [0.5, 0.6) is 0 Å². The third-order valence-electron chi connectivity index (χ3n) is 3.12. The molecule has 4 aromatic rings. The molecular weight excluding hydrogens is 290 g/mol. The summed E-state index contributed by atoms with van der Waals surface area (Å²) in [5, 5.41) is 11.8. The van der Waals surface area contributed by atoms with Gasteiger partial charge in [-0.3, -0.25) is 4.40 Å². The minimum Gasteiger partial charge on any atom is -0.361 e. The van der Waals surface area contributed by atoms with Crippen molar-refractivity contribution in [3.05, 3.63) is 54.0 Å². The van der Waals surface area contributed by atoms with Gasteiger partial charge in [0, 0.05) is 24.8 Å². The number of pyridine rings is 1. The van der Waals surface area contributed by atoms with Crippen molar-refractivity contribution >= 4 is 28.7 Å². The van der Waals surface area contributed by atoms with Crippen LogP contribution in [-0.4, -0.2) is 29.0 Å². The number of halogens is 1. The number of imidazole rings is 1. The average Bonchev–Trinajstić information content (AvgIpc) is 3.10. The molecule has 0 radical (unpaired) electrons. The number of rotatable bonds is 3. The van der Waals surface area contributed by atoms with E-state index in [1.165, 1.54) is 0 Å². The summed E-state index contributed by atoms with van der Waals surface area (Å²) in [6.45, 7) is 0.541. The van der Waals surface area contributed by atoms with Crippen molar-refractivity contribution in [2.24, 2.45) is 0 Å². The minimum atomic E-state index is 0.541. The number of anilines is 1. The summed E-state index contributed by atoms with van der Waals surface area (Å²) in [6.07, 6.45) is 8.88. The van der Waals surface area contributed by atoms with Gasteiger partial charge in [-0.15, -0.1) is 10.2 Å². The molecule has 0 spiro atoms. The van der Waals surface area contributed by atoms with E-state index in [-0.39, 0.29) is 0 Å². The van der Waals surface area contributed by atoms with Crippen LogP contribution in [-0.2, 0) is 6.54 Å². The zero-order valence-electron chi connectivity index (χ0n) is 10.8. The summed E-state index contributed by atoms with van der Waals surface area (Å²) >= 11 is 5.96. The smallest absolute Gasteiger partial charge is 0.203 e. The molecular formula is C13H10ClN7. The first kappa shape index (κ1) is 12.1. The highest BCUT2D eigenvalue weighted by atomic mass is 35.5. The first-order chi connectivity index (χ1) is 10.3. The first-order valence-corrected chi connectivity index (χ1v) is 6.69. The van der Waals surface area contributed by atoms with Crippen molar-refractivity contribution in [1.29, 1.82) is 0 Å². The van der Waals surface area contributed by atoms with Gasteiger partial charge in [0.2, 0.25) is 5.65 Å². The second-order valence-corrected chi connectivity index (χ2v) is 4.97. The maximum absolute atomic E-state index is 5.96. The van der Waals surface area contributed by atoms with Gasteiger partial charge < -0.3 is 9.72 Å². The first-order valence-electron chi connectivity index (χ1n) is 6.31. The molecule has 0 saturated carbocycles. The molecule has 1 N–H and O–H groups in total. The SMILES string of the molecule is Clc1ccc2nc(CNc3nccn4cnnc34)cn2c1. The summed E-state index contributed by atoms with van der Waals surface area (Å²) in [7, 11) is 0. The molecule has 21 heavy (non-hydrogen) atoms. The Morgan fingerprint density at radius 2 is 2.14 bits per heavy atom. The molecule has 0 bridgehead atoms. The van der Waals surface area contributed by atoms with E-state index in [1.807, 2.05) is 28.9 Å². The Morgan fingerprint density at radius 3 is 3.10 bits per heavy atom. The van der Waals surface area contributed by atoms with E-state index in [2.05, 4.69) is 25.5 Å². The second kappa shape index (κ2) is 4.71. The Kier molecular flexibility index (Phi) is 2.71. The predicted octanol–water partition coefficient (Wildman–Crippen LogP) is 2.04. The molecule has 0 fully saturated rings. The molecule has 0 aliphatic rings. The Labute approximate surface area is 124 Å². The third-order valence-corrected chi connectivity index (χ3v) is 3.34. The van der Waals surface area contributed by atoms with E-state index in [0.717, 1.165) is 11.3 Å². The van der Waals surface area contributed by atoms with Crippen LogP contribution >= 0.6 is 11.6 Å². The van der Waals surface area contributed by atoms with Crippen LogP contribution in [0.15, 0.2) is 43.2 Å². The van der Waals surface area contributed by atoms with Crippen LogP contribution < -0.4 is 5.32 Å². The predicted molar refractivity (Wildman–Crippen MR) is 78.3 cm³/mol. The van der Waals surface area contributed by atoms with Gasteiger partial charge >= 0.3 is 0 Å². The molecule has 7 nitrogen and oxygen atoms in total. The van der Waals surface area contributed by atoms with Crippen LogP contribution in [0.4, 0.5) is 5.82 Å². The third kappa shape index (κ3) is 2.17. The maximum Gasteiger partial charge on any atom is 0.203 e. The Balaban J connectivity index is 1.61. The zero-order chi connectivity index (χ0) is 14.2. The quantitative estimate of drug-likeness (QED) is 0.627. The number of nitrogens with one attached hydrogen (secondary N) is 1. The summed E-state index contributed by atoms with van der Waals surface area (Å²) < 4.78 is 3.70. The van der Waals surface area contributed by atoms with Crippen LogP contribution in [0.1, 0.15) is 5.69 Å². The van der Waals surface area contributed by atoms with Crippen LogP contribution in [0.2, 0.25) is 5.02 Å². The highest BCUT2D eigenvalue weighted by Gasteiger charge is 2.06. The number of nitrogens with zero attached hydrogens (tertiary/aromatic N) is 6. The summed E-state index contributed by atoms with van der Waals surface area (Å²) in [4.78, 5) is 8.78. The van der Waals surface area contributed by atoms with Crippen molar-refractivity contribution in [3.63, 3.8) is 0 Å². The highest BCUT2D eigenvalue weighted by molar-refractivity contribution is 6.30. The Bertz CT molecular complexity index is 926. The number of fused-ring (bicyclic) bond motifs is 2. The molecule has 0 aromatic carbocycles. The fourth-order valence-electron chi connectivity index (χ4n) is 2.16. The molecule has 8 heteroatoms. The fraction of sp³-hybridized carbons (Fsp3) is 0.0769. The number of hydrogen-bond acceptors (Lipinski definition) is 5. The lowest BCUT2D eigenvalue weighted by Crippen LogP contribution is -2.03. The van der Waals surface area contributed by atoms with Gasteiger partial charge in [-0.25, -0.2) is 9.97 Å². The monoisotopic (exact) mass is 299 g/mol. The van der Waals surface area contributed by atoms with Gasteiger partial charge in [0.25, 0.3) is 0 Å². The van der Waals surface area contributed by atoms with Crippen molar-refractivity contribution < 1.29 is 0 Å². The lowest BCUT2D eigenvalue weighted by Gasteiger charge is -2.03. The normalized spacial score (nSPS) is 11.3. The molecule has 0 aliphatic carbocycles. The maximum atomic E-state index is 5.96. The van der Waals surface area contributed by atoms with Gasteiger partial charge in [0.05, 0.1) is 17.3 Å². The minimum absolute atomic E-state index is 0.541. The average molecular weight is 300 g/mol. The van der Waals surface area contributed by atoms with Crippen molar-refractivity contribution in [2.75, 3.05) is 5.32 Å². The number of aromatic nitrogens is 6. The van der Waals surface area contributed by atoms with Gasteiger partial charge in [0.1, 0.15) is 12.0 Å². The van der Waals surface area contributed by atoms with E-state index >= 15 is 0 Å². The molecule has 0 aliphatic heterocycles. The van der Waals surface area contributed by atoms with E-state index < -0.39 is 0 Å². The van der Waals surface area contributed by atoms with Crippen LogP contribution in [0.3, 0.4) is 0 Å². The lowest BCUT2D eigenvalue weighted by molar-refractivity contribution is 1.04. The Morgan fingerprint density at radius 1 is 1.19 bits per heavy atom. The van der Waals surface area contributed by atoms with Crippen molar-refractivity contribution in [3.8, 4) is 0 Å². The van der Waals surface area contributed by atoms with Gasteiger partial charge in [-0.1, -0.05) is 11.6 Å². The summed E-state index contributed by atoms with van der Waals surface area (Å²) in [5.41, 5.74) is 2.43. The molecule has 0 saturated heterocycles. The molecule has 104 valence electrons. The van der Waals surface area contributed by atoms with Crippen molar-refractivity contribution in [1.82, 2.24) is 29.0 Å². The Hall–Kier alpha value is -2.67. The molecule has 0 amide bonds. The number of hydrogen-bond donors (Lipinski definition) is 1. The largest absolute Gasteiger partial charge is 0.361 e. The van der Waals surface area contributed by atoms with E-state index in [4.69, 9.17) is 11.6 Å². The summed E-state index contributed by atoms with van der Waals surface area (Å²) in [5.74, 6) is 0.671. The van der Waals surface area contributed by atoms with E-state index in [0.29, 0.717) is 23.0 Å². The molecule has 4 heterocycles. The van der Waals surface area contributed by atoms with Crippen molar-refractivity contribution in [2.45, 2.75) is 6.54 Å². The highest BCUT2D eigenvalue weighted by Crippen LogP contribution is 2.14. The standard InChI is InChI=1S/C13H10ClN7/c14-9-1-2-11-18-10(7-21(11)6-9)5-16-12-13-19-17-8-20(13)4-3-15-12/h1-4,6-8H,5H2,(H,15,16). The molecule has 0 unspecified atom stereocenters. The zero-order valence-corrected chi connectivity index (χ0v) is 11.6.